The highest BCUT2D eigenvalue weighted by Gasteiger charge is 2.07. The van der Waals surface area contributed by atoms with Crippen molar-refractivity contribution in [2.24, 2.45) is 0 Å². The van der Waals surface area contributed by atoms with Gasteiger partial charge in [0.05, 0.1) is 17.2 Å². The molecule has 25 heavy (non-hydrogen) atoms. The summed E-state index contributed by atoms with van der Waals surface area (Å²) in [6.45, 7) is -0.370. The molecule has 130 valence electrons. The average molecular weight is 458 g/mol. The molecule has 6 nitrogen and oxygen atoms in total. The lowest BCUT2D eigenvalue weighted by Crippen LogP contribution is -1.94. The zero-order valence-electron chi connectivity index (χ0n) is 12.8. The van der Waals surface area contributed by atoms with Gasteiger partial charge in [-0.3, -0.25) is 8.80 Å². The number of hydrogen-bond acceptors (Lipinski definition) is 4. The van der Waals surface area contributed by atoms with E-state index in [4.69, 9.17) is 10.2 Å². The molecule has 4 rings (SSSR count). The van der Waals surface area contributed by atoms with E-state index in [2.05, 4.69) is 9.97 Å². The Balaban J connectivity index is 0.000000146. The summed E-state index contributed by atoms with van der Waals surface area (Å²) >= 11 is 2.05. The maximum absolute atomic E-state index is 12.8. The van der Waals surface area contributed by atoms with Gasteiger partial charge in [-0.25, -0.2) is 18.7 Å². The number of pyridine rings is 2. The summed E-state index contributed by atoms with van der Waals surface area (Å²) in [5.74, 6) is 0.231. The first-order valence-electron chi connectivity index (χ1n) is 7.18. The van der Waals surface area contributed by atoms with Gasteiger partial charge in [-0.1, -0.05) is 0 Å². The fourth-order valence-corrected chi connectivity index (χ4v) is 3.05. The average Bonchev–Trinajstić information content (AvgIpc) is 3.15. The van der Waals surface area contributed by atoms with Gasteiger partial charge in [0, 0.05) is 12.4 Å². The fourth-order valence-electron chi connectivity index (χ4n) is 2.33. The van der Waals surface area contributed by atoms with Crippen LogP contribution in [0.3, 0.4) is 0 Å². The Kier molecular flexibility index (Phi) is 5.25. The minimum absolute atomic E-state index is 0.183. The third-order valence-electron chi connectivity index (χ3n) is 3.48. The number of halogens is 3. The van der Waals surface area contributed by atoms with Crippen molar-refractivity contribution in [1.82, 2.24) is 18.8 Å². The van der Waals surface area contributed by atoms with Crippen molar-refractivity contribution >= 4 is 33.6 Å². The van der Waals surface area contributed by atoms with Crippen LogP contribution >= 0.6 is 22.6 Å². The lowest BCUT2D eigenvalue weighted by molar-refractivity contribution is 0.270. The minimum Gasteiger partial charge on any atom is -0.388 e. The van der Waals surface area contributed by atoms with Gasteiger partial charge < -0.3 is 10.2 Å². The lowest BCUT2D eigenvalue weighted by atomic mass is 10.4. The molecule has 0 aliphatic carbocycles. The lowest BCUT2D eigenvalue weighted by Gasteiger charge is -1.96. The summed E-state index contributed by atoms with van der Waals surface area (Å²) in [5.41, 5.74) is 1.59. The largest absolute Gasteiger partial charge is 0.388 e. The van der Waals surface area contributed by atoms with Gasteiger partial charge in [0.1, 0.15) is 40.2 Å². The summed E-state index contributed by atoms with van der Waals surface area (Å²) in [4.78, 5) is 7.98. The summed E-state index contributed by atoms with van der Waals surface area (Å²) < 4.78 is 29.4. The van der Waals surface area contributed by atoms with E-state index in [9.17, 15) is 8.78 Å². The van der Waals surface area contributed by atoms with Crippen molar-refractivity contribution in [1.29, 1.82) is 0 Å². The molecule has 0 spiro atoms. The molecule has 0 aliphatic rings. The molecule has 4 heterocycles. The summed E-state index contributed by atoms with van der Waals surface area (Å²) in [7, 11) is 0. The highest BCUT2D eigenvalue weighted by molar-refractivity contribution is 14.1. The van der Waals surface area contributed by atoms with Crippen LogP contribution in [0.1, 0.15) is 11.6 Å². The zero-order chi connectivity index (χ0) is 18.0. The Morgan fingerprint density at radius 1 is 0.920 bits per heavy atom. The molecule has 0 unspecified atom stereocenters. The Morgan fingerprint density at radius 3 is 2.24 bits per heavy atom. The molecule has 0 fully saturated rings. The summed E-state index contributed by atoms with van der Waals surface area (Å²) in [6, 6.07) is 5.99. The van der Waals surface area contributed by atoms with Crippen molar-refractivity contribution in [3.8, 4) is 0 Å². The second-order valence-electron chi connectivity index (χ2n) is 5.05. The zero-order valence-corrected chi connectivity index (χ0v) is 14.9. The van der Waals surface area contributed by atoms with E-state index in [1.165, 1.54) is 28.9 Å². The fraction of sp³-hybridized carbons (Fsp3) is 0.125. The third kappa shape index (κ3) is 3.62. The normalized spacial score (nSPS) is 10.9. The highest BCUT2D eigenvalue weighted by atomic mass is 127. The number of aliphatic hydroxyl groups excluding tert-OH is 2. The van der Waals surface area contributed by atoms with E-state index >= 15 is 0 Å². The van der Waals surface area contributed by atoms with Crippen LogP contribution in [0.4, 0.5) is 8.78 Å². The molecule has 0 atom stereocenters. The van der Waals surface area contributed by atoms with Crippen molar-refractivity contribution in [3.63, 3.8) is 0 Å². The molecular formula is C16H13F2IN4O2. The molecule has 0 saturated carbocycles. The van der Waals surface area contributed by atoms with Crippen LogP contribution in [0.25, 0.3) is 11.0 Å². The van der Waals surface area contributed by atoms with E-state index in [-0.39, 0.29) is 24.8 Å². The molecule has 9 heteroatoms. The predicted octanol–water partition coefficient (Wildman–Crippen LogP) is 2.54. The molecule has 0 aliphatic heterocycles. The van der Waals surface area contributed by atoms with Gasteiger partial charge in [0.2, 0.25) is 0 Å². The first-order chi connectivity index (χ1) is 12.0. The molecule has 0 saturated heterocycles. The van der Waals surface area contributed by atoms with Gasteiger partial charge in [-0.05, 0) is 46.9 Å². The number of hydrogen-bond donors (Lipinski definition) is 2. The predicted molar refractivity (Wildman–Crippen MR) is 94.9 cm³/mol. The topological polar surface area (TPSA) is 75.1 Å². The molecule has 2 N–H and O–H groups in total. The number of aliphatic hydroxyl groups is 2. The van der Waals surface area contributed by atoms with E-state index in [1.54, 1.807) is 22.7 Å². The second-order valence-corrected chi connectivity index (χ2v) is 6.08. The molecule has 0 bridgehead atoms. The second kappa shape index (κ2) is 7.42. The van der Waals surface area contributed by atoms with Crippen LogP contribution in [0, 0.1) is 15.3 Å². The van der Waals surface area contributed by atoms with Crippen molar-refractivity contribution in [3.05, 3.63) is 69.8 Å². The number of aromatic nitrogens is 4. The smallest absolute Gasteiger partial charge is 0.140 e. The van der Waals surface area contributed by atoms with Gasteiger partial charge in [-0.2, -0.15) is 0 Å². The van der Waals surface area contributed by atoms with Crippen molar-refractivity contribution < 1.29 is 19.0 Å². The maximum atomic E-state index is 12.8. The Morgan fingerprint density at radius 2 is 1.56 bits per heavy atom. The summed E-state index contributed by atoms with van der Waals surface area (Å²) in [6.07, 6.45) is 4.20. The Bertz CT molecular complexity index is 1030. The molecular weight excluding hydrogens is 445 g/mol. The molecule has 0 radical (unpaired) electrons. The van der Waals surface area contributed by atoms with E-state index in [0.29, 0.717) is 11.6 Å². The van der Waals surface area contributed by atoms with Crippen molar-refractivity contribution in [2.45, 2.75) is 13.2 Å². The van der Waals surface area contributed by atoms with Crippen LogP contribution < -0.4 is 0 Å². The SMILES string of the molecule is OCc1nc(I)c2ccc(F)cn12.OCc1ncc2ccc(F)cn12. The van der Waals surface area contributed by atoms with Gasteiger partial charge in [0.25, 0.3) is 0 Å². The highest BCUT2D eigenvalue weighted by Crippen LogP contribution is 2.16. The Labute approximate surface area is 154 Å². The maximum Gasteiger partial charge on any atom is 0.140 e. The van der Waals surface area contributed by atoms with Crippen LogP contribution in [-0.4, -0.2) is 29.0 Å². The first kappa shape index (κ1) is 17.7. The van der Waals surface area contributed by atoms with Crippen LogP contribution in [0.2, 0.25) is 0 Å². The minimum atomic E-state index is -0.338. The molecule has 4 aromatic rings. The quantitative estimate of drug-likeness (QED) is 0.453. The standard InChI is InChI=1S/C8H6FIN2O.C8H7FN2O/c9-5-1-2-6-8(10)11-7(4-13)12(6)3-5;9-6-1-2-7-3-10-8(5-12)11(7)4-6/h1-3,13H,4H2;1-4,12H,5H2. The van der Waals surface area contributed by atoms with Crippen LogP contribution in [0.15, 0.2) is 42.9 Å². The van der Waals surface area contributed by atoms with Gasteiger partial charge >= 0.3 is 0 Å². The van der Waals surface area contributed by atoms with Crippen LogP contribution in [-0.2, 0) is 13.2 Å². The monoisotopic (exact) mass is 458 g/mol. The molecule has 4 aromatic heterocycles. The van der Waals surface area contributed by atoms with Gasteiger partial charge in [0.15, 0.2) is 0 Å². The van der Waals surface area contributed by atoms with E-state index in [1.807, 2.05) is 22.6 Å². The first-order valence-corrected chi connectivity index (χ1v) is 8.26. The van der Waals surface area contributed by atoms with Crippen LogP contribution in [0.5, 0.6) is 0 Å². The Hall–Kier alpha value is -2.11. The summed E-state index contributed by atoms with van der Waals surface area (Å²) in [5, 5.41) is 17.7. The van der Waals surface area contributed by atoms with E-state index < -0.39 is 0 Å². The van der Waals surface area contributed by atoms with Crippen molar-refractivity contribution in [2.75, 3.05) is 0 Å². The number of rotatable bonds is 2. The molecule has 0 aromatic carbocycles. The van der Waals surface area contributed by atoms with E-state index in [0.717, 1.165) is 14.7 Å². The number of fused-ring (bicyclic) bond motifs is 2. The number of nitrogens with zero attached hydrogens (tertiary/aromatic N) is 4. The van der Waals surface area contributed by atoms with Gasteiger partial charge in [-0.15, -0.1) is 0 Å². The number of imidazole rings is 2. The molecule has 0 amide bonds. The third-order valence-corrected chi connectivity index (χ3v) is 4.27.